The Labute approximate surface area is 211 Å². The average molecular weight is 501 g/mol. The van der Waals surface area contributed by atoms with Crippen molar-refractivity contribution in [1.82, 2.24) is 4.90 Å². The zero-order valence-electron chi connectivity index (χ0n) is 19.8. The van der Waals surface area contributed by atoms with Gasteiger partial charge in [-0.2, -0.15) is 0 Å². The molecule has 0 aromatic heterocycles. The number of aromatic hydroxyl groups is 1. The Balaban J connectivity index is 1.13. The van der Waals surface area contributed by atoms with Gasteiger partial charge in [0.2, 0.25) is 5.91 Å². The van der Waals surface area contributed by atoms with Crippen LogP contribution in [0, 0.1) is 5.92 Å². The zero-order valence-corrected chi connectivity index (χ0v) is 20.6. The van der Waals surface area contributed by atoms with E-state index in [4.69, 9.17) is 21.1 Å². The first-order chi connectivity index (χ1) is 16.9. The third-order valence-electron chi connectivity index (χ3n) is 7.51. The SMILES string of the molecule is O=C(Nc1cc(Cl)c(O)cc1OCC(O)CN1CCC2(CC1)Cc1ccccc1O2)C1CCCC1. The van der Waals surface area contributed by atoms with Crippen molar-refractivity contribution in [3.05, 3.63) is 47.0 Å². The van der Waals surface area contributed by atoms with Gasteiger partial charge in [-0.3, -0.25) is 4.79 Å². The average Bonchev–Trinajstić information content (AvgIpc) is 3.50. The van der Waals surface area contributed by atoms with E-state index in [-0.39, 0.29) is 34.8 Å². The van der Waals surface area contributed by atoms with Crippen molar-refractivity contribution in [2.45, 2.75) is 56.7 Å². The van der Waals surface area contributed by atoms with Crippen molar-refractivity contribution in [2.24, 2.45) is 5.92 Å². The quantitative estimate of drug-likeness (QED) is 0.489. The molecule has 188 valence electrons. The predicted molar refractivity (Wildman–Crippen MR) is 134 cm³/mol. The van der Waals surface area contributed by atoms with Crippen LogP contribution < -0.4 is 14.8 Å². The van der Waals surface area contributed by atoms with Crippen LogP contribution in [0.5, 0.6) is 17.2 Å². The summed E-state index contributed by atoms with van der Waals surface area (Å²) in [5.41, 5.74) is 1.56. The lowest BCUT2D eigenvalue weighted by Crippen LogP contribution is -2.49. The molecule has 1 saturated heterocycles. The van der Waals surface area contributed by atoms with E-state index in [0.717, 1.165) is 63.8 Å². The van der Waals surface area contributed by atoms with Crippen LogP contribution in [0.2, 0.25) is 5.02 Å². The fourth-order valence-electron chi connectivity index (χ4n) is 5.51. The summed E-state index contributed by atoms with van der Waals surface area (Å²) in [6, 6.07) is 11.1. The minimum Gasteiger partial charge on any atom is -0.506 e. The third kappa shape index (κ3) is 5.52. The smallest absolute Gasteiger partial charge is 0.227 e. The molecule has 1 spiro atoms. The van der Waals surface area contributed by atoms with Crippen LogP contribution in [0.15, 0.2) is 36.4 Å². The number of ether oxygens (including phenoxy) is 2. The summed E-state index contributed by atoms with van der Waals surface area (Å²) < 4.78 is 12.2. The molecular formula is C27H33ClN2O5. The van der Waals surface area contributed by atoms with Crippen molar-refractivity contribution in [2.75, 3.05) is 31.6 Å². The Bertz CT molecular complexity index is 1040. The maximum absolute atomic E-state index is 12.6. The molecule has 0 bridgehead atoms. The fraction of sp³-hybridized carbons (Fsp3) is 0.519. The zero-order chi connectivity index (χ0) is 24.4. The Hall–Kier alpha value is -2.48. The first kappa shape index (κ1) is 24.2. The summed E-state index contributed by atoms with van der Waals surface area (Å²) in [5.74, 6) is 1.09. The topological polar surface area (TPSA) is 91.3 Å². The molecular weight excluding hydrogens is 468 g/mol. The number of amides is 1. The lowest BCUT2D eigenvalue weighted by Gasteiger charge is -2.39. The first-order valence-corrected chi connectivity index (χ1v) is 12.9. The van der Waals surface area contributed by atoms with Gasteiger partial charge < -0.3 is 29.9 Å². The van der Waals surface area contributed by atoms with E-state index in [1.165, 1.54) is 17.7 Å². The Morgan fingerprint density at radius 1 is 1.23 bits per heavy atom. The summed E-state index contributed by atoms with van der Waals surface area (Å²) in [5, 5.41) is 23.7. The highest BCUT2D eigenvalue weighted by Gasteiger charge is 2.42. The summed E-state index contributed by atoms with van der Waals surface area (Å²) in [6.45, 7) is 2.20. The van der Waals surface area contributed by atoms with Crippen LogP contribution >= 0.6 is 11.6 Å². The largest absolute Gasteiger partial charge is 0.506 e. The number of halogens is 1. The predicted octanol–water partition coefficient (Wildman–Crippen LogP) is 4.38. The molecule has 2 fully saturated rings. The number of nitrogens with one attached hydrogen (secondary N) is 1. The van der Waals surface area contributed by atoms with Gasteiger partial charge in [-0.05, 0) is 30.5 Å². The van der Waals surface area contributed by atoms with Gasteiger partial charge in [0.1, 0.15) is 35.6 Å². The van der Waals surface area contributed by atoms with Gasteiger partial charge in [0.15, 0.2) is 0 Å². The number of phenolic OH excluding ortho intramolecular Hbond substituents is 1. The Kier molecular flexibility index (Phi) is 7.09. The number of aliphatic hydroxyl groups is 1. The van der Waals surface area contributed by atoms with Crippen LogP contribution in [0.3, 0.4) is 0 Å². The number of nitrogens with zero attached hydrogens (tertiary/aromatic N) is 1. The number of phenols is 1. The van der Waals surface area contributed by atoms with Gasteiger partial charge in [0.05, 0.1) is 10.7 Å². The van der Waals surface area contributed by atoms with E-state index in [2.05, 4.69) is 22.3 Å². The van der Waals surface area contributed by atoms with E-state index in [1.807, 2.05) is 12.1 Å². The van der Waals surface area contributed by atoms with Gasteiger partial charge in [0, 0.05) is 50.9 Å². The number of benzene rings is 2. The summed E-state index contributed by atoms with van der Waals surface area (Å²) >= 11 is 6.08. The minimum absolute atomic E-state index is 0.0138. The molecule has 1 aliphatic carbocycles. The van der Waals surface area contributed by atoms with Crippen molar-refractivity contribution in [3.63, 3.8) is 0 Å². The maximum Gasteiger partial charge on any atom is 0.227 e. The van der Waals surface area contributed by atoms with Crippen molar-refractivity contribution in [3.8, 4) is 17.2 Å². The van der Waals surface area contributed by atoms with Gasteiger partial charge in [0.25, 0.3) is 0 Å². The molecule has 1 atom stereocenters. The Morgan fingerprint density at radius 3 is 2.71 bits per heavy atom. The highest BCUT2D eigenvalue weighted by atomic mass is 35.5. The number of rotatable bonds is 7. The normalized spacial score (nSPS) is 20.4. The second-order valence-electron chi connectivity index (χ2n) is 10.1. The number of carbonyl (C=O) groups excluding carboxylic acids is 1. The molecule has 3 aliphatic rings. The van der Waals surface area contributed by atoms with E-state index in [0.29, 0.717) is 18.0 Å². The van der Waals surface area contributed by atoms with Gasteiger partial charge in [-0.15, -0.1) is 0 Å². The van der Waals surface area contributed by atoms with Crippen molar-refractivity contribution < 1.29 is 24.5 Å². The lowest BCUT2D eigenvalue weighted by molar-refractivity contribution is -0.119. The molecule has 2 heterocycles. The molecule has 2 aliphatic heterocycles. The molecule has 8 heteroatoms. The van der Waals surface area contributed by atoms with E-state index in [1.54, 1.807) is 0 Å². The minimum atomic E-state index is -0.720. The maximum atomic E-state index is 12.6. The van der Waals surface area contributed by atoms with Gasteiger partial charge in [-0.1, -0.05) is 42.6 Å². The lowest BCUT2D eigenvalue weighted by atomic mass is 9.87. The first-order valence-electron chi connectivity index (χ1n) is 12.5. The molecule has 7 nitrogen and oxygen atoms in total. The van der Waals surface area contributed by atoms with Crippen LogP contribution in [-0.4, -0.2) is 59.0 Å². The number of fused-ring (bicyclic) bond motifs is 1. The number of piperidine rings is 1. The Morgan fingerprint density at radius 2 is 1.97 bits per heavy atom. The summed E-state index contributed by atoms with van der Waals surface area (Å²) in [4.78, 5) is 14.8. The molecule has 5 rings (SSSR count). The molecule has 35 heavy (non-hydrogen) atoms. The van der Waals surface area contributed by atoms with E-state index in [9.17, 15) is 15.0 Å². The van der Waals surface area contributed by atoms with Crippen LogP contribution in [-0.2, 0) is 11.2 Å². The number of likely N-dealkylation sites (tertiary alicyclic amines) is 1. The number of para-hydroxylation sites is 1. The second kappa shape index (κ2) is 10.2. The van der Waals surface area contributed by atoms with Crippen LogP contribution in [0.25, 0.3) is 0 Å². The number of aliphatic hydroxyl groups excluding tert-OH is 1. The molecule has 1 amide bonds. The molecule has 2 aromatic carbocycles. The highest BCUT2D eigenvalue weighted by molar-refractivity contribution is 6.32. The standard InChI is InChI=1S/C27H33ClN2O5/c28-21-13-22(29-26(33)18-5-1-2-6-18)25(14-23(21)32)34-17-20(31)16-30-11-9-27(10-12-30)15-19-7-3-4-8-24(19)35-27/h3-4,7-8,13-14,18,20,31-32H,1-2,5-6,9-12,15-17H2,(H,29,33). The molecule has 1 unspecified atom stereocenters. The number of carbonyl (C=O) groups is 1. The van der Waals surface area contributed by atoms with Crippen molar-refractivity contribution >= 4 is 23.2 Å². The number of hydrogen-bond acceptors (Lipinski definition) is 6. The van der Waals surface area contributed by atoms with Crippen molar-refractivity contribution in [1.29, 1.82) is 0 Å². The van der Waals surface area contributed by atoms with Crippen LogP contribution in [0.4, 0.5) is 5.69 Å². The molecule has 1 saturated carbocycles. The van der Waals surface area contributed by atoms with Crippen LogP contribution in [0.1, 0.15) is 44.1 Å². The second-order valence-corrected chi connectivity index (χ2v) is 10.5. The summed E-state index contributed by atoms with van der Waals surface area (Å²) in [6.07, 6.45) is 5.91. The summed E-state index contributed by atoms with van der Waals surface area (Å²) in [7, 11) is 0. The number of β-amino-alcohol motifs (C(OH)–C–C–N with tert-alkyl or cyclic N) is 1. The monoisotopic (exact) mass is 500 g/mol. The number of hydrogen-bond donors (Lipinski definition) is 3. The third-order valence-corrected chi connectivity index (χ3v) is 7.81. The molecule has 3 N–H and O–H groups in total. The number of anilines is 1. The van der Waals surface area contributed by atoms with Gasteiger partial charge in [-0.25, -0.2) is 0 Å². The molecule has 0 radical (unpaired) electrons. The highest BCUT2D eigenvalue weighted by Crippen LogP contribution is 2.41. The van der Waals surface area contributed by atoms with E-state index < -0.39 is 6.10 Å². The molecule has 2 aromatic rings. The van der Waals surface area contributed by atoms with Gasteiger partial charge >= 0.3 is 0 Å². The van der Waals surface area contributed by atoms with E-state index >= 15 is 0 Å². The fourth-order valence-corrected chi connectivity index (χ4v) is 5.67.